The summed E-state index contributed by atoms with van der Waals surface area (Å²) in [5.74, 6) is -0.801. The van der Waals surface area contributed by atoms with Crippen LogP contribution in [0.3, 0.4) is 0 Å². The van der Waals surface area contributed by atoms with Gasteiger partial charge in [0.2, 0.25) is 0 Å². The fraction of sp³-hybridized carbons (Fsp3) is 0.400. The van der Waals surface area contributed by atoms with E-state index in [9.17, 15) is 14.4 Å². The summed E-state index contributed by atoms with van der Waals surface area (Å²) in [5, 5.41) is 0.269. The number of hydrogen-bond donors (Lipinski definition) is 0. The van der Waals surface area contributed by atoms with Crippen molar-refractivity contribution in [1.82, 2.24) is 0 Å². The molecule has 0 aromatic heterocycles. The van der Waals surface area contributed by atoms with Crippen molar-refractivity contribution >= 4 is 29.1 Å². The van der Waals surface area contributed by atoms with Gasteiger partial charge < -0.3 is 9.47 Å². The first kappa shape index (κ1) is 17.2. The zero-order chi connectivity index (χ0) is 16.2. The van der Waals surface area contributed by atoms with E-state index in [1.807, 2.05) is 0 Å². The molecule has 0 aliphatic heterocycles. The Kier molecular flexibility index (Phi) is 5.90. The van der Waals surface area contributed by atoms with E-state index in [0.717, 1.165) is 0 Å². The van der Waals surface area contributed by atoms with Gasteiger partial charge in [-0.2, -0.15) is 0 Å². The Morgan fingerprint density at radius 2 is 1.57 bits per heavy atom. The lowest BCUT2D eigenvalue weighted by atomic mass is 10.2. The van der Waals surface area contributed by atoms with Gasteiger partial charge in [-0.3, -0.25) is 9.59 Å². The van der Waals surface area contributed by atoms with Crippen molar-refractivity contribution in [1.29, 1.82) is 0 Å². The van der Waals surface area contributed by atoms with E-state index in [4.69, 9.17) is 21.1 Å². The number of halogens is 1. The van der Waals surface area contributed by atoms with Gasteiger partial charge in [-0.25, -0.2) is 4.79 Å². The number of benzene rings is 1. The minimum atomic E-state index is -0.836. The zero-order valence-corrected chi connectivity index (χ0v) is 13.1. The Morgan fingerprint density at radius 1 is 1.00 bits per heavy atom. The summed E-state index contributed by atoms with van der Waals surface area (Å²) in [6.07, 6.45) is -1.49. The summed E-state index contributed by atoms with van der Waals surface area (Å²) in [5.41, 5.74) is 0.154. The molecule has 0 aliphatic rings. The average molecular weight is 313 g/mol. The standard InChI is InChI=1S/C15H17ClO5/c1-8(17)10(3)20-14-6-12(5-13(16)7-14)15(19)21-11(4)9(2)18/h5-7,10-11H,1-4H3. The second-order valence-electron chi connectivity index (χ2n) is 4.70. The van der Waals surface area contributed by atoms with Crippen molar-refractivity contribution in [2.45, 2.75) is 39.9 Å². The van der Waals surface area contributed by atoms with E-state index in [-0.39, 0.29) is 27.9 Å². The molecule has 1 rings (SSSR count). The molecule has 2 unspecified atom stereocenters. The molecule has 1 aromatic rings. The maximum atomic E-state index is 11.9. The maximum absolute atomic E-state index is 11.9. The van der Waals surface area contributed by atoms with Crippen molar-refractivity contribution < 1.29 is 23.9 Å². The monoisotopic (exact) mass is 312 g/mol. The highest BCUT2D eigenvalue weighted by Crippen LogP contribution is 2.23. The number of rotatable bonds is 6. The van der Waals surface area contributed by atoms with Crippen LogP contribution in [0, 0.1) is 0 Å². The SMILES string of the molecule is CC(=O)C(C)OC(=O)c1cc(Cl)cc(OC(C)C(C)=O)c1. The quantitative estimate of drug-likeness (QED) is 0.755. The maximum Gasteiger partial charge on any atom is 0.339 e. The van der Waals surface area contributed by atoms with Gasteiger partial charge in [-0.15, -0.1) is 0 Å². The third-order valence-corrected chi connectivity index (χ3v) is 3.07. The molecule has 0 saturated carbocycles. The first-order chi connectivity index (χ1) is 9.70. The molecule has 1 aromatic carbocycles. The van der Waals surface area contributed by atoms with Crippen LogP contribution in [0.5, 0.6) is 5.75 Å². The molecular weight excluding hydrogens is 296 g/mol. The highest BCUT2D eigenvalue weighted by molar-refractivity contribution is 6.31. The summed E-state index contributed by atoms with van der Waals surface area (Å²) in [7, 11) is 0. The Morgan fingerprint density at radius 3 is 2.10 bits per heavy atom. The molecule has 0 amide bonds. The molecule has 0 bridgehead atoms. The minimum absolute atomic E-state index is 0.149. The third kappa shape index (κ3) is 5.19. The number of carbonyl (C=O) groups excluding carboxylic acids is 3. The molecule has 0 spiro atoms. The van der Waals surface area contributed by atoms with Gasteiger partial charge >= 0.3 is 5.97 Å². The molecule has 2 atom stereocenters. The number of ether oxygens (including phenoxy) is 2. The highest BCUT2D eigenvalue weighted by atomic mass is 35.5. The van der Waals surface area contributed by atoms with Gasteiger partial charge in [0, 0.05) is 5.02 Å². The van der Waals surface area contributed by atoms with Gasteiger partial charge in [0.05, 0.1) is 5.56 Å². The smallest absolute Gasteiger partial charge is 0.339 e. The van der Waals surface area contributed by atoms with Crippen LogP contribution < -0.4 is 4.74 Å². The van der Waals surface area contributed by atoms with E-state index in [0.29, 0.717) is 0 Å². The van der Waals surface area contributed by atoms with Crippen molar-refractivity contribution in [2.75, 3.05) is 0 Å². The second-order valence-corrected chi connectivity index (χ2v) is 5.14. The molecule has 5 nitrogen and oxygen atoms in total. The number of ketones is 2. The Bertz CT molecular complexity index is 567. The predicted molar refractivity (Wildman–Crippen MR) is 77.8 cm³/mol. The molecule has 0 saturated heterocycles. The summed E-state index contributed by atoms with van der Waals surface area (Å²) >= 11 is 5.92. The number of Topliss-reactive ketones (excluding diaryl/α,β-unsaturated/α-hetero) is 2. The van der Waals surface area contributed by atoms with E-state index in [1.54, 1.807) is 6.92 Å². The summed E-state index contributed by atoms with van der Waals surface area (Å²) in [6.45, 7) is 5.82. The fourth-order valence-corrected chi connectivity index (χ4v) is 1.57. The van der Waals surface area contributed by atoms with E-state index >= 15 is 0 Å². The minimum Gasteiger partial charge on any atom is -0.483 e. The third-order valence-electron chi connectivity index (χ3n) is 2.85. The van der Waals surface area contributed by atoms with Crippen molar-refractivity contribution in [3.05, 3.63) is 28.8 Å². The first-order valence-electron chi connectivity index (χ1n) is 6.40. The van der Waals surface area contributed by atoms with Crippen LogP contribution >= 0.6 is 11.6 Å². The van der Waals surface area contributed by atoms with Crippen LogP contribution in [0.25, 0.3) is 0 Å². The zero-order valence-electron chi connectivity index (χ0n) is 12.3. The second kappa shape index (κ2) is 7.22. The van der Waals surface area contributed by atoms with E-state index in [1.165, 1.54) is 39.0 Å². The highest BCUT2D eigenvalue weighted by Gasteiger charge is 2.18. The summed E-state index contributed by atoms with van der Waals surface area (Å²) in [6, 6.07) is 4.31. The fourth-order valence-electron chi connectivity index (χ4n) is 1.35. The molecule has 0 N–H and O–H groups in total. The van der Waals surface area contributed by atoms with Gasteiger partial charge in [-0.05, 0) is 45.9 Å². The van der Waals surface area contributed by atoms with Crippen molar-refractivity contribution in [3.8, 4) is 5.75 Å². The molecule has 21 heavy (non-hydrogen) atoms. The Balaban J connectivity index is 2.93. The lowest BCUT2D eigenvalue weighted by Crippen LogP contribution is -2.22. The Labute approximate surface area is 128 Å². The van der Waals surface area contributed by atoms with Crippen LogP contribution in [0.1, 0.15) is 38.1 Å². The van der Waals surface area contributed by atoms with Crippen LogP contribution in [0.4, 0.5) is 0 Å². The number of hydrogen-bond acceptors (Lipinski definition) is 5. The van der Waals surface area contributed by atoms with Crippen molar-refractivity contribution in [3.63, 3.8) is 0 Å². The number of esters is 1. The normalized spacial score (nSPS) is 13.2. The van der Waals surface area contributed by atoms with Crippen LogP contribution in [0.2, 0.25) is 5.02 Å². The molecule has 0 radical (unpaired) electrons. The van der Waals surface area contributed by atoms with Crippen LogP contribution in [-0.4, -0.2) is 29.7 Å². The Hall–Kier alpha value is -1.88. The van der Waals surface area contributed by atoms with Crippen LogP contribution in [-0.2, 0) is 14.3 Å². The molecule has 0 aliphatic carbocycles. The van der Waals surface area contributed by atoms with Crippen molar-refractivity contribution in [2.24, 2.45) is 0 Å². The molecular formula is C15H17ClO5. The average Bonchev–Trinajstić information content (AvgIpc) is 2.37. The molecule has 0 heterocycles. The lowest BCUT2D eigenvalue weighted by molar-refractivity contribution is -0.124. The van der Waals surface area contributed by atoms with Gasteiger partial charge in [0.25, 0.3) is 0 Å². The first-order valence-corrected chi connectivity index (χ1v) is 6.77. The summed E-state index contributed by atoms with van der Waals surface area (Å²) < 4.78 is 10.4. The topological polar surface area (TPSA) is 69.7 Å². The van der Waals surface area contributed by atoms with Gasteiger partial charge in [-0.1, -0.05) is 11.6 Å². The predicted octanol–water partition coefficient (Wildman–Crippen LogP) is 2.83. The molecule has 6 heteroatoms. The summed E-state index contributed by atoms with van der Waals surface area (Å²) in [4.78, 5) is 34.2. The van der Waals surface area contributed by atoms with E-state index in [2.05, 4.69) is 0 Å². The van der Waals surface area contributed by atoms with Crippen LogP contribution in [0.15, 0.2) is 18.2 Å². The molecule has 114 valence electrons. The largest absolute Gasteiger partial charge is 0.483 e. The number of carbonyl (C=O) groups is 3. The van der Waals surface area contributed by atoms with E-state index < -0.39 is 18.2 Å². The molecule has 0 fully saturated rings. The van der Waals surface area contributed by atoms with Gasteiger partial charge in [0.15, 0.2) is 23.8 Å². The van der Waals surface area contributed by atoms with Gasteiger partial charge in [0.1, 0.15) is 5.75 Å². The lowest BCUT2D eigenvalue weighted by Gasteiger charge is -2.14.